The summed E-state index contributed by atoms with van der Waals surface area (Å²) in [4.78, 5) is 17.4. The summed E-state index contributed by atoms with van der Waals surface area (Å²) < 4.78 is 8.19. The van der Waals surface area contributed by atoms with Crippen molar-refractivity contribution in [3.05, 3.63) is 57.9 Å². The molecule has 0 radical (unpaired) electrons. The fraction of sp³-hybridized carbons (Fsp3) is 0.238. The van der Waals surface area contributed by atoms with Crippen LogP contribution < -0.4 is 9.54 Å². The van der Waals surface area contributed by atoms with E-state index in [-0.39, 0.29) is 12.3 Å². The molecular weight excluding hydrogens is 344 g/mol. The summed E-state index contributed by atoms with van der Waals surface area (Å²) in [5.74, 6) is 3.23. The number of terminal acetylenes is 1. The Labute approximate surface area is 156 Å². The van der Waals surface area contributed by atoms with Crippen molar-refractivity contribution in [2.45, 2.75) is 26.8 Å². The zero-order valence-electron chi connectivity index (χ0n) is 15.1. The van der Waals surface area contributed by atoms with Crippen LogP contribution in [-0.2, 0) is 17.8 Å². The van der Waals surface area contributed by atoms with E-state index in [0.29, 0.717) is 11.3 Å². The van der Waals surface area contributed by atoms with Crippen molar-refractivity contribution in [3.63, 3.8) is 0 Å². The van der Waals surface area contributed by atoms with E-state index in [1.165, 1.54) is 16.9 Å². The Hall–Kier alpha value is -2.84. The molecule has 3 rings (SSSR count). The van der Waals surface area contributed by atoms with Gasteiger partial charge in [0.15, 0.2) is 4.80 Å². The maximum Gasteiger partial charge on any atom is 0.252 e. The van der Waals surface area contributed by atoms with Crippen LogP contribution in [0.15, 0.2) is 41.4 Å². The fourth-order valence-electron chi connectivity index (χ4n) is 2.91. The number of fused-ring (bicyclic) bond motifs is 1. The molecule has 0 aliphatic heterocycles. The zero-order chi connectivity index (χ0) is 18.7. The Morgan fingerprint density at radius 2 is 2.00 bits per heavy atom. The molecule has 0 atom stereocenters. The number of nitrogens with zero attached hydrogens (tertiary/aromatic N) is 2. The summed E-state index contributed by atoms with van der Waals surface area (Å²) in [5, 5.41) is 0. The van der Waals surface area contributed by atoms with E-state index in [1.54, 1.807) is 7.11 Å². The molecule has 26 heavy (non-hydrogen) atoms. The molecule has 0 saturated heterocycles. The summed E-state index contributed by atoms with van der Waals surface area (Å²) in [6, 6.07) is 11.6. The molecule has 1 aromatic heterocycles. The maximum absolute atomic E-state index is 12.5. The second-order valence-corrected chi connectivity index (χ2v) is 7.11. The minimum absolute atomic E-state index is 0.193. The first-order valence-electron chi connectivity index (χ1n) is 8.26. The number of amides is 1. The molecule has 0 fully saturated rings. The van der Waals surface area contributed by atoms with E-state index in [0.717, 1.165) is 27.1 Å². The second kappa shape index (κ2) is 7.59. The Balaban J connectivity index is 1.99. The average molecular weight is 364 g/mol. The molecule has 132 valence electrons. The summed E-state index contributed by atoms with van der Waals surface area (Å²) in [5.41, 5.74) is 4.26. The molecule has 5 heteroatoms. The third-order valence-electron chi connectivity index (χ3n) is 4.10. The smallest absolute Gasteiger partial charge is 0.252 e. The number of aryl methyl sites for hydroxylation is 2. The fourth-order valence-corrected chi connectivity index (χ4v) is 4.00. The molecule has 0 aliphatic rings. The minimum atomic E-state index is -0.193. The van der Waals surface area contributed by atoms with Gasteiger partial charge in [-0.2, -0.15) is 4.99 Å². The van der Waals surface area contributed by atoms with E-state index in [9.17, 15) is 4.79 Å². The molecule has 3 aromatic rings. The van der Waals surface area contributed by atoms with Gasteiger partial charge in [-0.25, -0.2) is 0 Å². The quantitative estimate of drug-likeness (QED) is 0.664. The van der Waals surface area contributed by atoms with Crippen molar-refractivity contribution in [3.8, 4) is 18.1 Å². The Morgan fingerprint density at radius 1 is 1.27 bits per heavy atom. The lowest BCUT2D eigenvalue weighted by atomic mass is 10.1. The molecule has 1 heterocycles. The van der Waals surface area contributed by atoms with Gasteiger partial charge in [0.25, 0.3) is 5.91 Å². The van der Waals surface area contributed by atoms with E-state index in [2.05, 4.69) is 36.9 Å². The summed E-state index contributed by atoms with van der Waals surface area (Å²) >= 11 is 1.50. The Kier molecular flexibility index (Phi) is 5.24. The first-order chi connectivity index (χ1) is 12.5. The summed E-state index contributed by atoms with van der Waals surface area (Å²) in [6.07, 6.45) is 5.78. The molecule has 0 bridgehead atoms. The van der Waals surface area contributed by atoms with Crippen LogP contribution in [-0.4, -0.2) is 17.6 Å². The van der Waals surface area contributed by atoms with Crippen LogP contribution in [0.25, 0.3) is 10.2 Å². The number of carbonyl (C=O) groups is 1. The van der Waals surface area contributed by atoms with Gasteiger partial charge in [-0.15, -0.1) is 6.42 Å². The SMILES string of the molecule is C#CCn1c(=NC(=O)Cc2ccc(OC)cc2)sc2c(C)cc(C)cc21. The number of rotatable bonds is 4. The monoisotopic (exact) mass is 364 g/mol. The minimum Gasteiger partial charge on any atom is -0.497 e. The van der Waals surface area contributed by atoms with Crippen LogP contribution in [0.3, 0.4) is 0 Å². The van der Waals surface area contributed by atoms with Crippen molar-refractivity contribution < 1.29 is 9.53 Å². The highest BCUT2D eigenvalue weighted by Crippen LogP contribution is 2.23. The van der Waals surface area contributed by atoms with Crippen molar-refractivity contribution in [1.29, 1.82) is 0 Å². The van der Waals surface area contributed by atoms with Crippen LogP contribution in [0.2, 0.25) is 0 Å². The van der Waals surface area contributed by atoms with Crippen LogP contribution >= 0.6 is 11.3 Å². The molecule has 0 unspecified atom stereocenters. The van der Waals surface area contributed by atoms with Crippen molar-refractivity contribution >= 4 is 27.5 Å². The normalized spacial score (nSPS) is 11.5. The Bertz CT molecular complexity index is 1070. The number of hydrogen-bond donors (Lipinski definition) is 0. The molecule has 1 amide bonds. The number of thiazole rings is 1. The lowest BCUT2D eigenvalue weighted by Crippen LogP contribution is -2.17. The van der Waals surface area contributed by atoms with Gasteiger partial charge in [-0.1, -0.05) is 35.5 Å². The summed E-state index contributed by atoms with van der Waals surface area (Å²) in [7, 11) is 1.62. The average Bonchev–Trinajstić information content (AvgIpc) is 2.94. The molecule has 0 aliphatic carbocycles. The molecule has 0 N–H and O–H groups in total. The standard InChI is InChI=1S/C21H20N2O2S/c1-5-10-23-18-12-14(2)11-15(3)20(18)26-21(23)22-19(24)13-16-6-8-17(25-4)9-7-16/h1,6-9,11-12H,10,13H2,2-4H3. The molecule has 2 aromatic carbocycles. The van der Waals surface area contributed by atoms with Gasteiger partial charge >= 0.3 is 0 Å². The van der Waals surface area contributed by atoms with E-state index in [1.807, 2.05) is 28.8 Å². The third kappa shape index (κ3) is 3.71. The van der Waals surface area contributed by atoms with E-state index < -0.39 is 0 Å². The van der Waals surface area contributed by atoms with Crippen LogP contribution in [0.1, 0.15) is 16.7 Å². The first kappa shape index (κ1) is 18.0. The summed E-state index contributed by atoms with van der Waals surface area (Å²) in [6.45, 7) is 4.50. The second-order valence-electron chi connectivity index (χ2n) is 6.14. The predicted octanol–water partition coefficient (Wildman–Crippen LogP) is 3.63. The lowest BCUT2D eigenvalue weighted by Gasteiger charge is -2.03. The first-order valence-corrected chi connectivity index (χ1v) is 9.08. The maximum atomic E-state index is 12.5. The molecule has 0 spiro atoms. The number of hydrogen-bond acceptors (Lipinski definition) is 3. The van der Waals surface area contributed by atoms with Gasteiger partial charge < -0.3 is 9.30 Å². The highest BCUT2D eigenvalue weighted by Gasteiger charge is 2.10. The Morgan fingerprint density at radius 3 is 2.65 bits per heavy atom. The largest absolute Gasteiger partial charge is 0.497 e. The van der Waals surface area contributed by atoms with Gasteiger partial charge in [0.2, 0.25) is 0 Å². The third-order valence-corrected chi connectivity index (χ3v) is 5.33. The highest BCUT2D eigenvalue weighted by atomic mass is 32.1. The lowest BCUT2D eigenvalue weighted by molar-refractivity contribution is -0.117. The number of ether oxygens (including phenoxy) is 1. The molecule has 0 saturated carbocycles. The van der Waals surface area contributed by atoms with Crippen molar-refractivity contribution in [2.24, 2.45) is 4.99 Å². The predicted molar refractivity (Wildman–Crippen MR) is 105 cm³/mol. The number of carbonyl (C=O) groups excluding carboxylic acids is 1. The van der Waals surface area contributed by atoms with Crippen molar-refractivity contribution in [1.82, 2.24) is 4.57 Å². The van der Waals surface area contributed by atoms with Crippen LogP contribution in [0, 0.1) is 26.2 Å². The number of benzene rings is 2. The molecule has 4 nitrogen and oxygen atoms in total. The van der Waals surface area contributed by atoms with Crippen LogP contribution in [0.5, 0.6) is 5.75 Å². The highest BCUT2D eigenvalue weighted by molar-refractivity contribution is 7.16. The van der Waals surface area contributed by atoms with Gasteiger partial charge in [0.05, 0.1) is 30.3 Å². The number of aromatic nitrogens is 1. The van der Waals surface area contributed by atoms with Crippen LogP contribution in [0.4, 0.5) is 0 Å². The molecular formula is C21H20N2O2S. The topological polar surface area (TPSA) is 43.6 Å². The zero-order valence-corrected chi connectivity index (χ0v) is 15.9. The van der Waals surface area contributed by atoms with Gasteiger partial charge in [-0.3, -0.25) is 4.79 Å². The van der Waals surface area contributed by atoms with Crippen molar-refractivity contribution in [2.75, 3.05) is 7.11 Å². The van der Waals surface area contributed by atoms with E-state index in [4.69, 9.17) is 11.2 Å². The van der Waals surface area contributed by atoms with E-state index >= 15 is 0 Å². The number of methoxy groups -OCH3 is 1. The van der Waals surface area contributed by atoms with Gasteiger partial charge in [0.1, 0.15) is 5.75 Å². The van der Waals surface area contributed by atoms with Gasteiger partial charge in [0, 0.05) is 0 Å². The van der Waals surface area contributed by atoms with Gasteiger partial charge in [-0.05, 0) is 48.7 Å².